The topological polar surface area (TPSA) is 99.2 Å². The Morgan fingerprint density at radius 1 is 1.15 bits per heavy atom. The number of aryl methyl sites for hydroxylation is 3. The maximum atomic E-state index is 13.0. The van der Waals surface area contributed by atoms with Gasteiger partial charge in [0.25, 0.3) is 11.8 Å². The first kappa shape index (κ1) is 23.8. The molecule has 0 saturated carbocycles. The molecule has 0 spiro atoms. The number of benzene rings is 2. The lowest BCUT2D eigenvalue weighted by Crippen LogP contribution is -2.28. The molecule has 1 heterocycles. The number of carbonyl (C=O) groups excluding carboxylic acids is 2. The van der Waals surface area contributed by atoms with Crippen molar-refractivity contribution in [3.63, 3.8) is 0 Å². The summed E-state index contributed by atoms with van der Waals surface area (Å²) in [4.78, 5) is 24.8. The summed E-state index contributed by atoms with van der Waals surface area (Å²) in [6.45, 7) is 4.25. The number of rotatable bonds is 7. The molecule has 33 heavy (non-hydrogen) atoms. The summed E-state index contributed by atoms with van der Waals surface area (Å²) in [5.74, 6) is -2.06. The lowest BCUT2D eigenvalue weighted by Gasteiger charge is -2.11. The molecule has 0 unspecified atom stereocenters. The summed E-state index contributed by atoms with van der Waals surface area (Å²) < 4.78 is 45.5. The van der Waals surface area contributed by atoms with Crippen LogP contribution in [0.4, 0.5) is 13.2 Å². The van der Waals surface area contributed by atoms with E-state index in [0.29, 0.717) is 6.42 Å². The van der Waals surface area contributed by atoms with Gasteiger partial charge in [0.05, 0.1) is 5.56 Å². The van der Waals surface area contributed by atoms with Gasteiger partial charge in [-0.15, -0.1) is 0 Å². The number of nitrogens with two attached hydrogens (primary N) is 1. The number of ether oxygens (including phenoxy) is 1. The maximum absolute atomic E-state index is 13.0. The van der Waals surface area contributed by atoms with Gasteiger partial charge >= 0.3 is 6.18 Å². The van der Waals surface area contributed by atoms with Crippen LogP contribution in [0.25, 0.3) is 0 Å². The first-order valence-electron chi connectivity index (χ1n) is 10.0. The number of amides is 2. The zero-order valence-corrected chi connectivity index (χ0v) is 18.3. The quantitative estimate of drug-likeness (QED) is 0.558. The average molecular weight is 460 g/mol. The molecule has 2 aromatic carbocycles. The molecule has 0 bridgehead atoms. The molecule has 0 fully saturated rings. The lowest BCUT2D eigenvalue weighted by atomic mass is 10.0. The number of carbonyl (C=O) groups is 2. The Kier molecular flexibility index (Phi) is 6.75. The molecule has 3 N–H and O–H groups in total. The number of nitrogens with one attached hydrogen (secondary N) is 1. The summed E-state index contributed by atoms with van der Waals surface area (Å²) in [7, 11) is 1.39. The molecule has 10 heteroatoms. The second-order valence-electron chi connectivity index (χ2n) is 7.58. The van der Waals surface area contributed by atoms with Crippen molar-refractivity contribution >= 4 is 11.8 Å². The molecule has 0 atom stereocenters. The Labute approximate surface area is 188 Å². The van der Waals surface area contributed by atoms with Crippen LogP contribution in [-0.4, -0.2) is 28.1 Å². The molecular weight excluding hydrogens is 437 g/mol. The lowest BCUT2D eigenvalue weighted by molar-refractivity contribution is -0.137. The molecule has 3 rings (SSSR count). The van der Waals surface area contributed by atoms with Gasteiger partial charge in [-0.25, -0.2) is 4.68 Å². The minimum absolute atomic E-state index is 0.183. The molecule has 0 aliphatic rings. The minimum atomic E-state index is -4.57. The number of aromatic nitrogens is 2. The second kappa shape index (κ2) is 9.35. The fourth-order valence-corrected chi connectivity index (χ4v) is 3.37. The molecular formula is C23H23F3N4O3. The zero-order chi connectivity index (χ0) is 24.3. The van der Waals surface area contributed by atoms with Gasteiger partial charge in [0.15, 0.2) is 5.69 Å². The van der Waals surface area contributed by atoms with Crippen molar-refractivity contribution in [3.8, 4) is 11.6 Å². The molecule has 0 aliphatic heterocycles. The minimum Gasteiger partial charge on any atom is -0.438 e. The molecule has 0 aliphatic carbocycles. The predicted molar refractivity (Wildman–Crippen MR) is 115 cm³/mol. The molecule has 0 saturated heterocycles. The molecule has 3 aromatic rings. The van der Waals surface area contributed by atoms with E-state index in [2.05, 4.69) is 10.4 Å². The largest absolute Gasteiger partial charge is 0.438 e. The summed E-state index contributed by atoms with van der Waals surface area (Å²) >= 11 is 0. The summed E-state index contributed by atoms with van der Waals surface area (Å²) in [6, 6.07) is 10.1. The molecule has 174 valence electrons. The maximum Gasteiger partial charge on any atom is 0.416 e. The van der Waals surface area contributed by atoms with Crippen LogP contribution in [0.3, 0.4) is 0 Å². The smallest absolute Gasteiger partial charge is 0.416 e. The highest BCUT2D eigenvalue weighted by Crippen LogP contribution is 2.33. The average Bonchev–Trinajstić information content (AvgIpc) is 3.05. The third-order valence-electron chi connectivity index (χ3n) is 5.01. The van der Waals surface area contributed by atoms with E-state index < -0.39 is 23.6 Å². The number of alkyl halides is 3. The third kappa shape index (κ3) is 5.51. The van der Waals surface area contributed by atoms with E-state index in [1.54, 1.807) is 0 Å². The Balaban J connectivity index is 1.80. The first-order valence-corrected chi connectivity index (χ1v) is 10.0. The van der Waals surface area contributed by atoms with Gasteiger partial charge in [0.2, 0.25) is 5.88 Å². The molecule has 0 radical (unpaired) electrons. The highest BCUT2D eigenvalue weighted by molar-refractivity contribution is 6.07. The number of hydrogen-bond acceptors (Lipinski definition) is 4. The molecule has 7 nitrogen and oxygen atoms in total. The Morgan fingerprint density at radius 3 is 2.52 bits per heavy atom. The Bertz CT molecular complexity index is 1200. The van der Waals surface area contributed by atoms with E-state index in [4.69, 9.17) is 10.5 Å². The van der Waals surface area contributed by atoms with E-state index >= 15 is 0 Å². The standard InChI is InChI=1S/C23H23F3N4O3/c1-13-7-8-15(14(2)11-13)9-10-28-21(32)19-18(20(27)31)22(30(3)29-19)33-17-6-4-5-16(12-17)23(24,25)26/h4-8,11-12H,9-10H2,1-3H3,(H2,27,31)(H,28,32). The normalized spacial score (nSPS) is 11.3. The van der Waals surface area contributed by atoms with Crippen molar-refractivity contribution in [2.45, 2.75) is 26.4 Å². The molecule has 2 amide bonds. The van der Waals surface area contributed by atoms with Gasteiger partial charge in [0, 0.05) is 13.6 Å². The van der Waals surface area contributed by atoms with Crippen LogP contribution in [0.15, 0.2) is 42.5 Å². The van der Waals surface area contributed by atoms with E-state index in [1.807, 2.05) is 32.0 Å². The summed E-state index contributed by atoms with van der Waals surface area (Å²) in [5, 5.41) is 6.70. The zero-order valence-electron chi connectivity index (χ0n) is 18.3. The molecule has 1 aromatic heterocycles. The summed E-state index contributed by atoms with van der Waals surface area (Å²) in [6.07, 6.45) is -4.01. The van der Waals surface area contributed by atoms with Crippen LogP contribution in [-0.2, 0) is 19.6 Å². The van der Waals surface area contributed by atoms with Gasteiger partial charge < -0.3 is 15.8 Å². The number of hydrogen-bond donors (Lipinski definition) is 2. The van der Waals surface area contributed by atoms with Gasteiger partial charge in [-0.2, -0.15) is 18.3 Å². The highest BCUT2D eigenvalue weighted by Gasteiger charge is 2.31. The number of nitrogens with zero attached hydrogens (tertiary/aromatic N) is 2. The Hall–Kier alpha value is -3.82. The second-order valence-corrected chi connectivity index (χ2v) is 7.58. The van der Waals surface area contributed by atoms with Gasteiger partial charge in [-0.1, -0.05) is 29.8 Å². The Morgan fingerprint density at radius 2 is 1.88 bits per heavy atom. The van der Waals surface area contributed by atoms with E-state index in [9.17, 15) is 22.8 Å². The summed E-state index contributed by atoms with van der Waals surface area (Å²) in [5.41, 5.74) is 7.21. The monoisotopic (exact) mass is 460 g/mol. The van der Waals surface area contributed by atoms with Crippen molar-refractivity contribution in [3.05, 3.63) is 76.0 Å². The van der Waals surface area contributed by atoms with Crippen LogP contribution in [0.1, 0.15) is 43.1 Å². The van der Waals surface area contributed by atoms with Gasteiger partial charge in [0.1, 0.15) is 11.3 Å². The first-order chi connectivity index (χ1) is 15.5. The van der Waals surface area contributed by atoms with Crippen molar-refractivity contribution in [2.24, 2.45) is 12.8 Å². The fraction of sp³-hybridized carbons (Fsp3) is 0.261. The van der Waals surface area contributed by atoms with Crippen LogP contribution < -0.4 is 15.8 Å². The van der Waals surface area contributed by atoms with E-state index in [0.717, 1.165) is 33.5 Å². The van der Waals surface area contributed by atoms with Gasteiger partial charge in [-0.3, -0.25) is 9.59 Å². The van der Waals surface area contributed by atoms with Crippen LogP contribution >= 0.6 is 0 Å². The van der Waals surface area contributed by atoms with Crippen LogP contribution in [0.2, 0.25) is 0 Å². The third-order valence-corrected chi connectivity index (χ3v) is 5.01. The van der Waals surface area contributed by atoms with Gasteiger partial charge in [-0.05, 0) is 49.6 Å². The van der Waals surface area contributed by atoms with E-state index in [1.165, 1.54) is 19.2 Å². The fourth-order valence-electron chi connectivity index (χ4n) is 3.37. The van der Waals surface area contributed by atoms with Crippen LogP contribution in [0.5, 0.6) is 11.6 Å². The van der Waals surface area contributed by atoms with Crippen molar-refractivity contribution in [2.75, 3.05) is 6.54 Å². The van der Waals surface area contributed by atoms with Crippen molar-refractivity contribution in [1.29, 1.82) is 0 Å². The predicted octanol–water partition coefficient (Wildman–Crippen LogP) is 3.92. The number of primary amides is 1. The highest BCUT2D eigenvalue weighted by atomic mass is 19.4. The number of halogens is 3. The van der Waals surface area contributed by atoms with E-state index in [-0.39, 0.29) is 29.4 Å². The SMILES string of the molecule is Cc1ccc(CCNC(=O)c2nn(C)c(Oc3cccc(C(F)(F)F)c3)c2C(N)=O)c(C)c1. The van der Waals surface area contributed by atoms with Crippen LogP contribution in [0, 0.1) is 13.8 Å². The van der Waals surface area contributed by atoms with Crippen molar-refractivity contribution < 1.29 is 27.5 Å². The van der Waals surface area contributed by atoms with Crippen molar-refractivity contribution in [1.82, 2.24) is 15.1 Å².